The third kappa shape index (κ3) is 5.80. The summed E-state index contributed by atoms with van der Waals surface area (Å²) in [4.78, 5) is 14.2. The number of aldehydes is 1. The van der Waals surface area contributed by atoms with E-state index < -0.39 is 5.60 Å². The van der Waals surface area contributed by atoms with Gasteiger partial charge in [0.1, 0.15) is 11.6 Å². The van der Waals surface area contributed by atoms with Gasteiger partial charge < -0.3 is 14.4 Å². The molecule has 0 aromatic heterocycles. The van der Waals surface area contributed by atoms with E-state index in [0.29, 0.717) is 11.3 Å². The molecule has 0 spiro atoms. The van der Waals surface area contributed by atoms with Crippen molar-refractivity contribution in [2.75, 3.05) is 32.2 Å². The van der Waals surface area contributed by atoms with Gasteiger partial charge in [-0.05, 0) is 81.5 Å². The number of hydrogen-bond donors (Lipinski definition) is 0. The highest BCUT2D eigenvalue weighted by Gasteiger charge is 2.31. The predicted molar refractivity (Wildman–Crippen MR) is 115 cm³/mol. The molecule has 0 aliphatic heterocycles. The van der Waals surface area contributed by atoms with Crippen LogP contribution < -0.4 is 9.64 Å². The van der Waals surface area contributed by atoms with Gasteiger partial charge in [-0.2, -0.15) is 0 Å². The zero-order chi connectivity index (χ0) is 21.6. The molecule has 5 heteroatoms. The van der Waals surface area contributed by atoms with Crippen LogP contribution in [0.2, 0.25) is 0 Å². The highest BCUT2D eigenvalue weighted by atomic mass is 19.1. The average molecular weight is 402 g/mol. The lowest BCUT2D eigenvalue weighted by Gasteiger charge is -2.30. The van der Waals surface area contributed by atoms with Gasteiger partial charge in [-0.1, -0.05) is 6.07 Å². The topological polar surface area (TPSA) is 38.8 Å². The Bertz CT molecular complexity index is 832. The van der Waals surface area contributed by atoms with Crippen LogP contribution in [0, 0.1) is 26.6 Å². The van der Waals surface area contributed by atoms with E-state index in [2.05, 4.69) is 17.9 Å². The van der Waals surface area contributed by atoms with E-state index in [4.69, 9.17) is 9.47 Å². The lowest BCUT2D eigenvalue weighted by molar-refractivity contribution is -0.120. The summed E-state index contributed by atoms with van der Waals surface area (Å²) in [6, 6.07) is 8.60. The van der Waals surface area contributed by atoms with Crippen LogP contribution in [0.15, 0.2) is 30.3 Å². The van der Waals surface area contributed by atoms with Crippen molar-refractivity contribution in [3.8, 4) is 5.75 Å². The summed E-state index contributed by atoms with van der Waals surface area (Å²) in [6.45, 7) is 9.09. The van der Waals surface area contributed by atoms with Gasteiger partial charge in [0.25, 0.3) is 0 Å². The number of benzene rings is 2. The highest BCUT2D eigenvalue weighted by molar-refractivity contribution is 5.69. The summed E-state index contributed by atoms with van der Waals surface area (Å²) in [5.74, 6) is 0.228. The molecule has 0 saturated carbocycles. The Morgan fingerprint density at radius 1 is 1.07 bits per heavy atom. The van der Waals surface area contributed by atoms with E-state index in [0.717, 1.165) is 54.7 Å². The van der Waals surface area contributed by atoms with Crippen molar-refractivity contribution in [3.05, 3.63) is 58.4 Å². The maximum Gasteiger partial charge on any atom is 0.186 e. The predicted octanol–water partition coefficient (Wildman–Crippen LogP) is 5.11. The number of hydrogen-bond acceptors (Lipinski definition) is 4. The zero-order valence-electron chi connectivity index (χ0n) is 18.3. The van der Waals surface area contributed by atoms with Gasteiger partial charge in [0.05, 0.1) is 5.69 Å². The van der Waals surface area contributed by atoms with E-state index in [-0.39, 0.29) is 5.82 Å². The van der Waals surface area contributed by atoms with E-state index in [1.807, 2.05) is 20.0 Å². The molecule has 0 aliphatic carbocycles. The molecular formula is C24H32FNO3. The summed E-state index contributed by atoms with van der Waals surface area (Å²) in [5, 5.41) is 0. The quantitative estimate of drug-likeness (QED) is 0.410. The molecule has 29 heavy (non-hydrogen) atoms. The Morgan fingerprint density at radius 2 is 1.76 bits per heavy atom. The number of methoxy groups -OCH3 is 1. The molecule has 1 unspecified atom stereocenters. The van der Waals surface area contributed by atoms with Crippen molar-refractivity contribution in [2.24, 2.45) is 0 Å². The molecule has 2 aromatic carbocycles. The van der Waals surface area contributed by atoms with Crippen LogP contribution in [0.5, 0.6) is 5.75 Å². The molecule has 0 heterocycles. The molecule has 1 atom stereocenters. The number of aryl methyl sites for hydroxylation is 3. The lowest BCUT2D eigenvalue weighted by Crippen LogP contribution is -2.32. The first kappa shape index (κ1) is 22.9. The fourth-order valence-corrected chi connectivity index (χ4v) is 3.27. The zero-order valence-corrected chi connectivity index (χ0v) is 18.3. The third-order valence-corrected chi connectivity index (χ3v) is 5.24. The van der Waals surface area contributed by atoms with Gasteiger partial charge in [0.2, 0.25) is 0 Å². The Balaban J connectivity index is 2.38. The number of halogens is 1. The summed E-state index contributed by atoms with van der Waals surface area (Å²) >= 11 is 0. The molecule has 2 aromatic rings. The second kappa shape index (κ2) is 9.88. The Hall–Kier alpha value is -2.40. The normalized spacial score (nSPS) is 13.1. The maximum absolute atomic E-state index is 14.0. The minimum Gasteiger partial charge on any atom is -0.473 e. The van der Waals surface area contributed by atoms with Crippen molar-refractivity contribution in [3.63, 3.8) is 0 Å². The number of nitrogens with zero attached hydrogens (tertiary/aromatic N) is 1. The van der Waals surface area contributed by atoms with Gasteiger partial charge >= 0.3 is 0 Å². The summed E-state index contributed by atoms with van der Waals surface area (Å²) < 4.78 is 25.4. The Morgan fingerprint density at radius 3 is 2.38 bits per heavy atom. The van der Waals surface area contributed by atoms with Gasteiger partial charge in [-0.3, -0.25) is 4.79 Å². The Labute approximate surface area is 173 Å². The molecule has 4 nitrogen and oxygen atoms in total. The number of rotatable bonds is 10. The second-order valence-corrected chi connectivity index (χ2v) is 7.87. The highest BCUT2D eigenvalue weighted by Crippen LogP contribution is 2.36. The fraction of sp³-hybridized carbons (Fsp3) is 0.458. The van der Waals surface area contributed by atoms with E-state index in [1.54, 1.807) is 27.0 Å². The monoisotopic (exact) mass is 401 g/mol. The number of ether oxygens (including phenoxy) is 2. The van der Waals surface area contributed by atoms with Crippen molar-refractivity contribution < 1.29 is 18.7 Å². The maximum atomic E-state index is 14.0. The van der Waals surface area contributed by atoms with Crippen LogP contribution in [0.1, 0.15) is 42.0 Å². The molecule has 0 bridgehead atoms. The fourth-order valence-electron chi connectivity index (χ4n) is 3.27. The third-order valence-electron chi connectivity index (χ3n) is 5.24. The molecule has 0 amide bonds. The van der Waals surface area contributed by atoms with Crippen molar-refractivity contribution in [1.29, 1.82) is 0 Å². The SMILES string of the molecule is COCCCCN(C)c1cc(C)c(C)cc1OC(C)(C=O)c1cc(C)cc(F)c1. The van der Waals surface area contributed by atoms with Crippen LogP contribution in [0.25, 0.3) is 0 Å². The minimum absolute atomic E-state index is 0.382. The van der Waals surface area contributed by atoms with E-state index in [1.165, 1.54) is 12.1 Å². The van der Waals surface area contributed by atoms with E-state index in [9.17, 15) is 9.18 Å². The number of carbonyl (C=O) groups excluding carboxylic acids is 1. The van der Waals surface area contributed by atoms with Crippen molar-refractivity contribution >= 4 is 12.0 Å². The van der Waals surface area contributed by atoms with Crippen LogP contribution in [0.4, 0.5) is 10.1 Å². The molecule has 0 aliphatic rings. The Kier molecular flexibility index (Phi) is 7.80. The largest absolute Gasteiger partial charge is 0.473 e. The molecule has 2 rings (SSSR count). The summed E-state index contributed by atoms with van der Waals surface area (Å²) in [6.07, 6.45) is 2.68. The van der Waals surface area contributed by atoms with Crippen LogP contribution >= 0.6 is 0 Å². The van der Waals surface area contributed by atoms with Crippen molar-refractivity contribution in [2.45, 2.75) is 46.1 Å². The molecule has 158 valence electrons. The van der Waals surface area contributed by atoms with Crippen LogP contribution in [-0.4, -0.2) is 33.6 Å². The van der Waals surface area contributed by atoms with Gasteiger partial charge in [0.15, 0.2) is 11.9 Å². The van der Waals surface area contributed by atoms with Crippen LogP contribution in [0.3, 0.4) is 0 Å². The summed E-state index contributed by atoms with van der Waals surface area (Å²) in [5.41, 5.74) is 3.07. The molecule has 0 saturated heterocycles. The first-order valence-electron chi connectivity index (χ1n) is 9.94. The first-order chi connectivity index (χ1) is 13.7. The number of carbonyl (C=O) groups is 1. The molecule has 0 N–H and O–H groups in total. The first-order valence-corrected chi connectivity index (χ1v) is 9.94. The molecular weight excluding hydrogens is 369 g/mol. The molecule has 0 fully saturated rings. The second-order valence-electron chi connectivity index (χ2n) is 7.87. The lowest BCUT2D eigenvalue weighted by atomic mass is 9.95. The molecule has 0 radical (unpaired) electrons. The van der Waals surface area contributed by atoms with E-state index >= 15 is 0 Å². The van der Waals surface area contributed by atoms with Crippen LogP contribution in [-0.2, 0) is 15.1 Å². The van der Waals surface area contributed by atoms with Gasteiger partial charge in [-0.25, -0.2) is 4.39 Å². The standard InChI is InChI=1S/C24H32FNO3/c1-17-11-20(15-21(25)12-17)24(4,16-27)29-23-14-19(3)18(2)13-22(23)26(5)9-7-8-10-28-6/h11-16H,7-10H2,1-6H3. The van der Waals surface area contributed by atoms with Gasteiger partial charge in [0, 0.05) is 32.9 Å². The minimum atomic E-state index is -1.29. The van der Waals surface area contributed by atoms with Gasteiger partial charge in [-0.15, -0.1) is 0 Å². The summed E-state index contributed by atoms with van der Waals surface area (Å²) in [7, 11) is 3.71. The number of unbranched alkanes of at least 4 members (excludes halogenated alkanes) is 1. The average Bonchev–Trinajstić information content (AvgIpc) is 2.66. The van der Waals surface area contributed by atoms with Crippen molar-refractivity contribution in [1.82, 2.24) is 0 Å². The number of anilines is 1. The smallest absolute Gasteiger partial charge is 0.186 e.